The fraction of sp³-hybridized carbons (Fsp3) is 0.364. The fourth-order valence-corrected chi connectivity index (χ4v) is 4.58. The molecule has 0 saturated carbocycles. The molecule has 1 saturated heterocycles. The summed E-state index contributed by atoms with van der Waals surface area (Å²) in [6.07, 6.45) is 2.68. The number of rotatable bonds is 6. The SMILES string of the molecule is CCc1ccc([C@@H]2C(C(=O)c3cccs3)=C(O)C(=O)N2C[C@@H]2CCCO2)cc1. The van der Waals surface area contributed by atoms with E-state index < -0.39 is 17.7 Å². The summed E-state index contributed by atoms with van der Waals surface area (Å²) in [6.45, 7) is 3.13. The molecule has 2 aliphatic rings. The number of ether oxygens (including phenoxy) is 1. The van der Waals surface area contributed by atoms with Crippen molar-refractivity contribution in [2.45, 2.75) is 38.3 Å². The molecule has 1 fully saturated rings. The van der Waals surface area contributed by atoms with Crippen LogP contribution in [0.1, 0.15) is 46.6 Å². The van der Waals surface area contributed by atoms with Crippen molar-refractivity contribution in [1.29, 1.82) is 0 Å². The smallest absolute Gasteiger partial charge is 0.290 e. The van der Waals surface area contributed by atoms with Gasteiger partial charge in [-0.1, -0.05) is 37.3 Å². The van der Waals surface area contributed by atoms with Crippen LogP contribution in [-0.4, -0.2) is 41.0 Å². The Morgan fingerprint density at radius 2 is 2.07 bits per heavy atom. The van der Waals surface area contributed by atoms with Gasteiger partial charge in [-0.25, -0.2) is 0 Å². The van der Waals surface area contributed by atoms with Crippen LogP contribution < -0.4 is 0 Å². The Bertz CT molecular complexity index is 895. The average molecular weight is 397 g/mol. The minimum absolute atomic E-state index is 0.0645. The number of benzene rings is 1. The van der Waals surface area contributed by atoms with Gasteiger partial charge in [0.1, 0.15) is 0 Å². The predicted octanol–water partition coefficient (Wildman–Crippen LogP) is 4.07. The third-order valence-electron chi connectivity index (χ3n) is 5.42. The number of ketones is 1. The second-order valence-corrected chi connectivity index (χ2v) is 8.11. The molecular weight excluding hydrogens is 374 g/mol. The van der Waals surface area contributed by atoms with Crippen LogP contribution in [-0.2, 0) is 16.0 Å². The number of carbonyl (C=O) groups is 2. The first-order valence-electron chi connectivity index (χ1n) is 9.63. The van der Waals surface area contributed by atoms with Crippen molar-refractivity contribution in [3.8, 4) is 0 Å². The van der Waals surface area contributed by atoms with Crippen molar-refractivity contribution < 1.29 is 19.4 Å². The zero-order valence-corrected chi connectivity index (χ0v) is 16.6. The van der Waals surface area contributed by atoms with Crippen LogP contribution in [0, 0.1) is 0 Å². The third kappa shape index (κ3) is 3.38. The first kappa shape index (κ1) is 18.9. The van der Waals surface area contributed by atoms with Gasteiger partial charge >= 0.3 is 0 Å². The van der Waals surface area contributed by atoms with Crippen LogP contribution in [0.4, 0.5) is 0 Å². The maximum Gasteiger partial charge on any atom is 0.290 e. The number of thiophene rings is 1. The van der Waals surface area contributed by atoms with E-state index in [4.69, 9.17) is 4.74 Å². The summed E-state index contributed by atoms with van der Waals surface area (Å²) in [4.78, 5) is 28.1. The highest BCUT2D eigenvalue weighted by Gasteiger charge is 2.44. The van der Waals surface area contributed by atoms with E-state index >= 15 is 0 Å². The number of nitrogens with zero attached hydrogens (tertiary/aromatic N) is 1. The molecule has 2 aliphatic heterocycles. The van der Waals surface area contributed by atoms with E-state index in [0.29, 0.717) is 18.0 Å². The molecule has 0 radical (unpaired) electrons. The number of amides is 1. The lowest BCUT2D eigenvalue weighted by Gasteiger charge is -2.29. The normalized spacial score (nSPS) is 22.3. The van der Waals surface area contributed by atoms with Gasteiger partial charge in [-0.05, 0) is 41.8 Å². The third-order valence-corrected chi connectivity index (χ3v) is 6.29. The molecule has 2 aromatic rings. The zero-order chi connectivity index (χ0) is 19.7. The molecule has 1 aromatic carbocycles. The molecule has 5 nitrogen and oxygen atoms in total. The summed E-state index contributed by atoms with van der Waals surface area (Å²) < 4.78 is 5.71. The van der Waals surface area contributed by atoms with E-state index in [1.807, 2.05) is 29.6 Å². The van der Waals surface area contributed by atoms with E-state index in [1.54, 1.807) is 17.0 Å². The molecule has 2 atom stereocenters. The van der Waals surface area contributed by atoms with Gasteiger partial charge in [0, 0.05) is 13.2 Å². The van der Waals surface area contributed by atoms with Crippen LogP contribution in [0.5, 0.6) is 0 Å². The maximum absolute atomic E-state index is 13.1. The Morgan fingerprint density at radius 1 is 1.29 bits per heavy atom. The van der Waals surface area contributed by atoms with Gasteiger partial charge in [0.15, 0.2) is 5.76 Å². The highest BCUT2D eigenvalue weighted by atomic mass is 32.1. The molecule has 1 amide bonds. The summed E-state index contributed by atoms with van der Waals surface area (Å²) >= 11 is 1.31. The van der Waals surface area contributed by atoms with Crippen molar-refractivity contribution in [3.05, 3.63) is 69.1 Å². The number of hydrogen-bond acceptors (Lipinski definition) is 5. The van der Waals surface area contributed by atoms with Gasteiger partial charge < -0.3 is 14.7 Å². The zero-order valence-electron chi connectivity index (χ0n) is 15.8. The molecule has 0 spiro atoms. The molecule has 6 heteroatoms. The highest BCUT2D eigenvalue weighted by molar-refractivity contribution is 7.12. The van der Waals surface area contributed by atoms with Gasteiger partial charge in [0.25, 0.3) is 5.91 Å². The van der Waals surface area contributed by atoms with E-state index in [9.17, 15) is 14.7 Å². The second kappa shape index (κ2) is 7.89. The lowest BCUT2D eigenvalue weighted by Crippen LogP contribution is -2.37. The van der Waals surface area contributed by atoms with Crippen LogP contribution in [0.3, 0.4) is 0 Å². The van der Waals surface area contributed by atoms with Crippen molar-refractivity contribution >= 4 is 23.0 Å². The van der Waals surface area contributed by atoms with E-state index in [2.05, 4.69) is 6.92 Å². The number of aliphatic hydroxyl groups excluding tert-OH is 1. The Balaban J connectivity index is 1.74. The minimum atomic E-state index is -0.600. The van der Waals surface area contributed by atoms with Crippen molar-refractivity contribution in [3.63, 3.8) is 0 Å². The minimum Gasteiger partial charge on any atom is -0.503 e. The molecule has 0 bridgehead atoms. The Kier molecular flexibility index (Phi) is 5.33. The van der Waals surface area contributed by atoms with E-state index in [-0.39, 0.29) is 17.5 Å². The molecule has 0 aliphatic carbocycles. The Hall–Kier alpha value is -2.44. The van der Waals surface area contributed by atoms with Crippen LogP contribution in [0.15, 0.2) is 53.1 Å². The highest BCUT2D eigenvalue weighted by Crippen LogP contribution is 2.40. The molecule has 3 heterocycles. The number of carbonyl (C=O) groups excluding carboxylic acids is 2. The summed E-state index contributed by atoms with van der Waals surface area (Å²) in [5.41, 5.74) is 2.17. The van der Waals surface area contributed by atoms with Gasteiger partial charge in [0.2, 0.25) is 5.78 Å². The summed E-state index contributed by atoms with van der Waals surface area (Å²) in [7, 11) is 0. The first-order chi connectivity index (χ1) is 13.6. The average Bonchev–Trinajstić information content (AvgIpc) is 3.46. The van der Waals surface area contributed by atoms with Gasteiger partial charge in [-0.15, -0.1) is 11.3 Å². The van der Waals surface area contributed by atoms with E-state index in [1.165, 1.54) is 16.9 Å². The van der Waals surface area contributed by atoms with Crippen molar-refractivity contribution in [2.75, 3.05) is 13.2 Å². The van der Waals surface area contributed by atoms with Crippen molar-refractivity contribution in [1.82, 2.24) is 4.90 Å². The van der Waals surface area contributed by atoms with Crippen LogP contribution in [0.2, 0.25) is 0 Å². The largest absolute Gasteiger partial charge is 0.503 e. The molecule has 1 aromatic heterocycles. The fourth-order valence-electron chi connectivity index (χ4n) is 3.90. The van der Waals surface area contributed by atoms with Crippen molar-refractivity contribution in [2.24, 2.45) is 0 Å². The summed E-state index contributed by atoms with van der Waals surface area (Å²) in [5.74, 6) is -1.24. The lowest BCUT2D eigenvalue weighted by atomic mass is 9.94. The maximum atomic E-state index is 13.1. The number of Topliss-reactive ketones (excluding diaryl/α,β-unsaturated/α-hetero) is 1. The Morgan fingerprint density at radius 3 is 2.68 bits per heavy atom. The monoisotopic (exact) mass is 397 g/mol. The quantitative estimate of drug-likeness (QED) is 0.746. The standard InChI is InChI=1S/C22H23NO4S/c1-2-14-7-9-15(10-8-14)19-18(20(24)17-6-4-12-28-17)21(25)22(26)23(19)13-16-5-3-11-27-16/h4,6-10,12,16,19,25H,2-3,5,11,13H2,1H3/t16-,19+/m0/s1. The number of aryl methyl sites for hydroxylation is 1. The van der Waals surface area contributed by atoms with Crippen LogP contribution in [0.25, 0.3) is 0 Å². The molecule has 146 valence electrons. The summed E-state index contributed by atoms with van der Waals surface area (Å²) in [6, 6.07) is 10.8. The molecule has 1 N–H and O–H groups in total. The molecule has 0 unspecified atom stereocenters. The van der Waals surface area contributed by atoms with Crippen LogP contribution >= 0.6 is 11.3 Å². The second-order valence-electron chi connectivity index (χ2n) is 7.16. The van der Waals surface area contributed by atoms with Gasteiger partial charge in [-0.2, -0.15) is 0 Å². The molecule has 4 rings (SSSR count). The van der Waals surface area contributed by atoms with Gasteiger partial charge in [0.05, 0.1) is 22.6 Å². The molecular formula is C22H23NO4S. The first-order valence-corrected chi connectivity index (χ1v) is 10.5. The number of aliphatic hydroxyl groups is 1. The number of hydrogen-bond donors (Lipinski definition) is 1. The molecule has 28 heavy (non-hydrogen) atoms. The Labute approximate surface area is 168 Å². The lowest BCUT2D eigenvalue weighted by molar-refractivity contribution is -0.131. The topological polar surface area (TPSA) is 66.8 Å². The van der Waals surface area contributed by atoms with Gasteiger partial charge in [-0.3, -0.25) is 9.59 Å². The van der Waals surface area contributed by atoms with E-state index in [0.717, 1.165) is 24.8 Å². The predicted molar refractivity (Wildman–Crippen MR) is 108 cm³/mol. The summed E-state index contributed by atoms with van der Waals surface area (Å²) in [5, 5.41) is 12.5.